The summed E-state index contributed by atoms with van der Waals surface area (Å²) in [7, 11) is 2.00. The summed E-state index contributed by atoms with van der Waals surface area (Å²) in [5.41, 5.74) is 3.59. The molecule has 116 valence electrons. The minimum absolute atomic E-state index is 0.305. The van der Waals surface area contributed by atoms with Crippen molar-refractivity contribution < 1.29 is 0 Å². The summed E-state index contributed by atoms with van der Waals surface area (Å²) >= 11 is 0. The van der Waals surface area contributed by atoms with Crippen LogP contribution in [0.5, 0.6) is 0 Å². The van der Waals surface area contributed by atoms with Gasteiger partial charge >= 0.3 is 0 Å². The summed E-state index contributed by atoms with van der Waals surface area (Å²) in [6.07, 6.45) is 2.66. The average Bonchev–Trinajstić information content (AvgIpc) is 3.00. The molecule has 2 heterocycles. The molecule has 0 saturated heterocycles. The summed E-state index contributed by atoms with van der Waals surface area (Å²) < 4.78 is 3.99. The van der Waals surface area contributed by atoms with E-state index < -0.39 is 0 Å². The van der Waals surface area contributed by atoms with Crippen molar-refractivity contribution in [1.29, 1.82) is 0 Å². The Labute approximate surface area is 126 Å². The topological polar surface area (TPSA) is 60.6 Å². The fourth-order valence-corrected chi connectivity index (χ4v) is 2.87. The Morgan fingerprint density at radius 3 is 2.57 bits per heavy atom. The summed E-state index contributed by atoms with van der Waals surface area (Å²) in [5.74, 6) is 0.944. The predicted octanol–water partition coefficient (Wildman–Crippen LogP) is 2.39. The van der Waals surface area contributed by atoms with Crippen LogP contribution in [-0.4, -0.2) is 31.6 Å². The fourth-order valence-electron chi connectivity index (χ4n) is 2.87. The van der Waals surface area contributed by atoms with Crippen molar-refractivity contribution in [2.45, 2.75) is 59.7 Å². The van der Waals surface area contributed by atoms with Crippen molar-refractivity contribution >= 4 is 0 Å². The standard InChI is InChI=1S/C15H26N6/c1-7-13(16-6)15-11(4)19-20(12(15)5)8-14-17-9-18-21(14)10(2)3/h9-10,13,16H,7-8H2,1-6H3. The lowest BCUT2D eigenvalue weighted by Crippen LogP contribution is -2.17. The zero-order chi connectivity index (χ0) is 15.6. The van der Waals surface area contributed by atoms with Crippen molar-refractivity contribution in [3.63, 3.8) is 0 Å². The third-order valence-electron chi connectivity index (χ3n) is 3.97. The first-order valence-electron chi connectivity index (χ1n) is 7.59. The van der Waals surface area contributed by atoms with Crippen LogP contribution in [0.1, 0.15) is 62.1 Å². The number of hydrogen-bond donors (Lipinski definition) is 1. The van der Waals surface area contributed by atoms with E-state index in [0.29, 0.717) is 18.6 Å². The third kappa shape index (κ3) is 3.00. The van der Waals surface area contributed by atoms with Crippen LogP contribution >= 0.6 is 0 Å². The van der Waals surface area contributed by atoms with Gasteiger partial charge in [0.25, 0.3) is 0 Å². The highest BCUT2D eigenvalue weighted by molar-refractivity contribution is 5.28. The number of aryl methyl sites for hydroxylation is 1. The lowest BCUT2D eigenvalue weighted by Gasteiger charge is -2.15. The summed E-state index contributed by atoms with van der Waals surface area (Å²) in [6, 6.07) is 0.654. The van der Waals surface area contributed by atoms with Gasteiger partial charge in [0.05, 0.1) is 5.69 Å². The average molecular weight is 290 g/mol. The van der Waals surface area contributed by atoms with Gasteiger partial charge in [-0.15, -0.1) is 0 Å². The highest BCUT2D eigenvalue weighted by Crippen LogP contribution is 2.24. The van der Waals surface area contributed by atoms with Gasteiger partial charge in [-0.25, -0.2) is 9.67 Å². The minimum atomic E-state index is 0.305. The van der Waals surface area contributed by atoms with Gasteiger partial charge in [0, 0.05) is 23.3 Å². The van der Waals surface area contributed by atoms with Gasteiger partial charge < -0.3 is 5.32 Å². The predicted molar refractivity (Wildman–Crippen MR) is 83.3 cm³/mol. The van der Waals surface area contributed by atoms with Gasteiger partial charge in [-0.3, -0.25) is 4.68 Å². The largest absolute Gasteiger partial charge is 0.313 e. The van der Waals surface area contributed by atoms with Crippen molar-refractivity contribution in [1.82, 2.24) is 29.9 Å². The molecule has 1 atom stereocenters. The van der Waals surface area contributed by atoms with E-state index in [1.54, 1.807) is 6.33 Å². The molecule has 0 aliphatic heterocycles. The van der Waals surface area contributed by atoms with Crippen molar-refractivity contribution in [2.24, 2.45) is 0 Å². The van der Waals surface area contributed by atoms with E-state index in [4.69, 9.17) is 5.10 Å². The van der Waals surface area contributed by atoms with E-state index in [-0.39, 0.29) is 0 Å². The van der Waals surface area contributed by atoms with Gasteiger partial charge in [0.15, 0.2) is 0 Å². The van der Waals surface area contributed by atoms with Gasteiger partial charge in [-0.05, 0) is 41.2 Å². The summed E-state index contributed by atoms with van der Waals surface area (Å²) in [4.78, 5) is 4.37. The van der Waals surface area contributed by atoms with Crippen molar-refractivity contribution in [3.05, 3.63) is 29.1 Å². The molecule has 2 aromatic rings. The van der Waals surface area contributed by atoms with Crippen molar-refractivity contribution in [2.75, 3.05) is 7.05 Å². The first-order chi connectivity index (χ1) is 9.99. The highest BCUT2D eigenvalue weighted by Gasteiger charge is 2.19. The Kier molecular flexibility index (Phi) is 4.77. The normalized spacial score (nSPS) is 13.1. The molecule has 0 fully saturated rings. The van der Waals surface area contributed by atoms with Crippen LogP contribution in [0.25, 0.3) is 0 Å². The second kappa shape index (κ2) is 6.39. The molecule has 6 heteroatoms. The number of aromatic nitrogens is 5. The van der Waals surface area contributed by atoms with Crippen molar-refractivity contribution in [3.8, 4) is 0 Å². The zero-order valence-corrected chi connectivity index (χ0v) is 13.9. The Hall–Kier alpha value is -1.69. The first-order valence-corrected chi connectivity index (χ1v) is 7.59. The number of nitrogens with zero attached hydrogens (tertiary/aromatic N) is 5. The molecule has 0 amide bonds. The second-order valence-corrected chi connectivity index (χ2v) is 5.71. The van der Waals surface area contributed by atoms with E-state index in [1.807, 2.05) is 16.4 Å². The van der Waals surface area contributed by atoms with E-state index in [9.17, 15) is 0 Å². The molecule has 6 nitrogen and oxygen atoms in total. The SMILES string of the molecule is CCC(NC)c1c(C)nn(Cc2ncnn2C(C)C)c1C. The highest BCUT2D eigenvalue weighted by atomic mass is 15.4. The molecule has 0 saturated carbocycles. The molecule has 21 heavy (non-hydrogen) atoms. The monoisotopic (exact) mass is 290 g/mol. The van der Waals surface area contributed by atoms with E-state index in [2.05, 4.69) is 50.0 Å². The van der Waals surface area contributed by atoms with E-state index in [1.165, 1.54) is 11.3 Å². The minimum Gasteiger partial charge on any atom is -0.313 e. The van der Waals surface area contributed by atoms with Gasteiger partial charge in [-0.1, -0.05) is 6.92 Å². The van der Waals surface area contributed by atoms with Gasteiger partial charge in [-0.2, -0.15) is 10.2 Å². The maximum absolute atomic E-state index is 4.70. The number of hydrogen-bond acceptors (Lipinski definition) is 4. The Balaban J connectivity index is 2.34. The third-order valence-corrected chi connectivity index (χ3v) is 3.97. The maximum atomic E-state index is 4.70. The quantitative estimate of drug-likeness (QED) is 0.887. The molecule has 2 aromatic heterocycles. The van der Waals surface area contributed by atoms with Crippen LogP contribution < -0.4 is 5.32 Å². The van der Waals surface area contributed by atoms with Crippen LogP contribution in [0.15, 0.2) is 6.33 Å². The van der Waals surface area contributed by atoms with E-state index >= 15 is 0 Å². The molecular formula is C15H26N6. The number of rotatable bonds is 6. The maximum Gasteiger partial charge on any atom is 0.148 e. The van der Waals surface area contributed by atoms with Crippen LogP contribution in [0.3, 0.4) is 0 Å². The molecular weight excluding hydrogens is 264 g/mol. The Bertz CT molecular complexity index is 591. The van der Waals surface area contributed by atoms with E-state index in [0.717, 1.165) is 17.9 Å². The smallest absolute Gasteiger partial charge is 0.148 e. The lowest BCUT2D eigenvalue weighted by molar-refractivity contribution is 0.484. The molecule has 0 bridgehead atoms. The molecule has 1 unspecified atom stereocenters. The molecule has 0 aliphatic carbocycles. The summed E-state index contributed by atoms with van der Waals surface area (Å²) in [6.45, 7) is 11.3. The zero-order valence-electron chi connectivity index (χ0n) is 13.9. The van der Waals surface area contributed by atoms with Crippen LogP contribution in [-0.2, 0) is 6.54 Å². The van der Waals surface area contributed by atoms with Gasteiger partial charge in [0.2, 0.25) is 0 Å². The fraction of sp³-hybridized carbons (Fsp3) is 0.667. The summed E-state index contributed by atoms with van der Waals surface area (Å²) in [5, 5.41) is 12.4. The Morgan fingerprint density at radius 2 is 2.00 bits per heavy atom. The molecule has 1 N–H and O–H groups in total. The van der Waals surface area contributed by atoms with Crippen LogP contribution in [0.4, 0.5) is 0 Å². The Morgan fingerprint density at radius 1 is 1.29 bits per heavy atom. The van der Waals surface area contributed by atoms with Gasteiger partial charge in [0.1, 0.15) is 18.7 Å². The molecule has 0 spiro atoms. The lowest BCUT2D eigenvalue weighted by atomic mass is 10.0. The first kappa shape index (κ1) is 15.7. The molecule has 0 aliphatic rings. The molecule has 2 rings (SSSR count). The molecule has 0 radical (unpaired) electrons. The second-order valence-electron chi connectivity index (χ2n) is 5.71. The van der Waals surface area contributed by atoms with Crippen LogP contribution in [0.2, 0.25) is 0 Å². The molecule has 0 aromatic carbocycles. The number of nitrogens with one attached hydrogen (secondary N) is 1. The van der Waals surface area contributed by atoms with Crippen LogP contribution in [0, 0.1) is 13.8 Å².